The van der Waals surface area contributed by atoms with E-state index in [0.29, 0.717) is 0 Å². The van der Waals surface area contributed by atoms with Gasteiger partial charge in [0.15, 0.2) is 0 Å². The van der Waals surface area contributed by atoms with Gasteiger partial charge in [-0.1, -0.05) is 60.7 Å². The highest BCUT2D eigenvalue weighted by molar-refractivity contribution is 6.13. The minimum atomic E-state index is 0. The van der Waals surface area contributed by atoms with Crippen LogP contribution in [0.4, 0.5) is 0 Å². The van der Waals surface area contributed by atoms with Gasteiger partial charge in [-0.2, -0.15) is 0 Å². The summed E-state index contributed by atoms with van der Waals surface area (Å²) in [5.41, 5.74) is 2.33. The third-order valence-electron chi connectivity index (χ3n) is 2.37. The highest BCUT2D eigenvalue weighted by Gasteiger charge is 2.10. The smallest absolute Gasteiger partial charge is 0.0720 e. The summed E-state index contributed by atoms with van der Waals surface area (Å²) in [5.74, 6) is 0. The Bertz CT molecular complexity index is 365. The van der Waals surface area contributed by atoms with Crippen molar-refractivity contribution < 1.29 is 5.48 Å². The van der Waals surface area contributed by atoms with Gasteiger partial charge in [0.25, 0.3) is 0 Å². The molecule has 2 aromatic rings. The summed E-state index contributed by atoms with van der Waals surface area (Å²) in [7, 11) is 0. The maximum Gasteiger partial charge on any atom is 0.0720 e. The molecule has 2 aromatic carbocycles. The van der Waals surface area contributed by atoms with Crippen molar-refractivity contribution in [2.24, 2.45) is 0 Å². The van der Waals surface area contributed by atoms with Gasteiger partial charge >= 0.3 is 0 Å². The molecule has 0 aliphatic rings. The molecule has 0 saturated carbocycles. The summed E-state index contributed by atoms with van der Waals surface area (Å²) in [6.45, 7) is 0. The second-order valence-electron chi connectivity index (χ2n) is 3.36. The zero-order chi connectivity index (χ0) is 10.5. The van der Waals surface area contributed by atoms with Gasteiger partial charge in [-0.3, -0.25) is 0 Å². The van der Waals surface area contributed by atoms with Crippen molar-refractivity contribution in [2.75, 3.05) is 0 Å². The van der Waals surface area contributed by atoms with E-state index in [0.717, 1.165) is 0 Å². The van der Waals surface area contributed by atoms with Crippen molar-refractivity contribution in [1.82, 2.24) is 4.84 Å². The van der Waals surface area contributed by atoms with Gasteiger partial charge in [0.1, 0.15) is 0 Å². The summed E-state index contributed by atoms with van der Waals surface area (Å²) in [5, 5.41) is 0. The molecule has 3 N–H and O–H groups in total. The largest absolute Gasteiger partial charge is 0.412 e. The van der Waals surface area contributed by atoms with Crippen LogP contribution in [0.15, 0.2) is 60.7 Å². The zero-order valence-corrected chi connectivity index (χ0v) is 9.48. The maximum absolute atomic E-state index is 5.79. The molecule has 0 fully saturated rings. The molecular formula is C13H14ClNO. The van der Waals surface area contributed by atoms with Crippen LogP contribution in [0.2, 0.25) is 0 Å². The molecule has 0 heterocycles. The first-order valence-corrected chi connectivity index (χ1v) is 5.25. The number of rotatable bonds is 3. The third-order valence-corrected chi connectivity index (χ3v) is 2.59. The van der Waals surface area contributed by atoms with Crippen molar-refractivity contribution >= 4 is 11.8 Å². The molecule has 0 aromatic heterocycles. The molecule has 3 heteroatoms. The quantitative estimate of drug-likeness (QED) is 0.817. The second-order valence-corrected chi connectivity index (χ2v) is 3.58. The standard InChI is InChI=1S/C13H12ClN.H2O/c14-15-13(11-7-3-1-4-8-11)12-9-5-2-6-10-12;/h1-10,13,15H;1H2. The van der Waals surface area contributed by atoms with Gasteiger partial charge < -0.3 is 5.48 Å². The lowest BCUT2D eigenvalue weighted by Gasteiger charge is -2.15. The first kappa shape index (κ1) is 12.7. The molecule has 84 valence electrons. The van der Waals surface area contributed by atoms with E-state index in [9.17, 15) is 0 Å². The lowest BCUT2D eigenvalue weighted by atomic mass is 10.00. The van der Waals surface area contributed by atoms with Crippen LogP contribution >= 0.6 is 11.8 Å². The maximum atomic E-state index is 5.79. The van der Waals surface area contributed by atoms with E-state index >= 15 is 0 Å². The first-order chi connectivity index (χ1) is 7.42. The summed E-state index contributed by atoms with van der Waals surface area (Å²) >= 11 is 5.79. The van der Waals surface area contributed by atoms with Gasteiger partial charge in [0.2, 0.25) is 0 Å². The third kappa shape index (κ3) is 2.83. The van der Waals surface area contributed by atoms with Crippen LogP contribution in [-0.2, 0) is 0 Å². The van der Waals surface area contributed by atoms with E-state index < -0.39 is 0 Å². The number of hydrogen-bond acceptors (Lipinski definition) is 1. The average molecular weight is 236 g/mol. The van der Waals surface area contributed by atoms with Crippen molar-refractivity contribution in [2.45, 2.75) is 6.04 Å². The Balaban J connectivity index is 0.00000128. The molecule has 2 rings (SSSR count). The summed E-state index contributed by atoms with van der Waals surface area (Å²) < 4.78 is 0. The predicted octanol–water partition coefficient (Wildman–Crippen LogP) is 2.69. The highest BCUT2D eigenvalue weighted by atomic mass is 35.5. The van der Waals surface area contributed by atoms with Gasteiger partial charge in [0.05, 0.1) is 6.04 Å². The number of benzene rings is 2. The van der Waals surface area contributed by atoms with Crippen LogP contribution in [0.25, 0.3) is 0 Å². The molecule has 2 nitrogen and oxygen atoms in total. The second kappa shape index (κ2) is 6.28. The monoisotopic (exact) mass is 235 g/mol. The van der Waals surface area contributed by atoms with Crippen molar-refractivity contribution in [3.05, 3.63) is 71.8 Å². The fraction of sp³-hybridized carbons (Fsp3) is 0.0769. The van der Waals surface area contributed by atoms with Crippen LogP contribution in [-0.4, -0.2) is 5.48 Å². The molecule has 0 saturated heterocycles. The molecule has 0 amide bonds. The summed E-state index contributed by atoms with van der Waals surface area (Å²) in [6, 6.07) is 20.4. The topological polar surface area (TPSA) is 43.5 Å². The Morgan fingerprint density at radius 3 is 1.44 bits per heavy atom. The van der Waals surface area contributed by atoms with Crippen LogP contribution in [0.1, 0.15) is 17.2 Å². The van der Waals surface area contributed by atoms with Gasteiger partial charge in [-0.15, -0.1) is 0 Å². The molecule has 0 radical (unpaired) electrons. The Morgan fingerprint density at radius 1 is 0.750 bits per heavy atom. The SMILES string of the molecule is ClNC(c1ccccc1)c1ccccc1.O. The fourth-order valence-corrected chi connectivity index (χ4v) is 1.86. The van der Waals surface area contributed by atoms with Crippen molar-refractivity contribution in [1.29, 1.82) is 0 Å². The minimum absolute atomic E-state index is 0. The molecule has 0 spiro atoms. The Morgan fingerprint density at radius 2 is 1.12 bits per heavy atom. The zero-order valence-electron chi connectivity index (χ0n) is 8.73. The van der Waals surface area contributed by atoms with Crippen LogP contribution in [0.5, 0.6) is 0 Å². The average Bonchev–Trinajstić information content (AvgIpc) is 2.33. The van der Waals surface area contributed by atoms with E-state index in [-0.39, 0.29) is 11.5 Å². The van der Waals surface area contributed by atoms with Crippen molar-refractivity contribution in [3.8, 4) is 0 Å². The summed E-state index contributed by atoms with van der Waals surface area (Å²) in [4.78, 5) is 2.81. The Kier molecular flexibility index (Phi) is 4.99. The summed E-state index contributed by atoms with van der Waals surface area (Å²) in [6.07, 6.45) is 0. The van der Waals surface area contributed by atoms with Crippen molar-refractivity contribution in [3.63, 3.8) is 0 Å². The first-order valence-electron chi connectivity index (χ1n) is 4.88. The molecule has 0 aliphatic carbocycles. The van der Waals surface area contributed by atoms with E-state index in [1.54, 1.807) is 0 Å². The number of nitrogens with one attached hydrogen (secondary N) is 1. The fourth-order valence-electron chi connectivity index (χ4n) is 1.61. The van der Waals surface area contributed by atoms with E-state index in [1.807, 2.05) is 36.4 Å². The van der Waals surface area contributed by atoms with Crippen LogP contribution in [0.3, 0.4) is 0 Å². The van der Waals surface area contributed by atoms with E-state index in [1.165, 1.54) is 11.1 Å². The molecule has 0 aliphatic heterocycles. The van der Waals surface area contributed by atoms with Crippen LogP contribution in [0, 0.1) is 0 Å². The van der Waals surface area contributed by atoms with Gasteiger partial charge in [-0.25, -0.2) is 4.84 Å². The molecular weight excluding hydrogens is 222 g/mol. The Hall–Kier alpha value is -1.35. The molecule has 0 bridgehead atoms. The number of hydrogen-bond donors (Lipinski definition) is 1. The van der Waals surface area contributed by atoms with Gasteiger partial charge in [-0.05, 0) is 22.9 Å². The minimum Gasteiger partial charge on any atom is -0.412 e. The van der Waals surface area contributed by atoms with Gasteiger partial charge in [0, 0.05) is 0 Å². The molecule has 0 unspecified atom stereocenters. The predicted molar refractivity (Wildman–Crippen MR) is 67.3 cm³/mol. The normalized spacial score (nSPS) is 9.88. The van der Waals surface area contributed by atoms with E-state index in [4.69, 9.17) is 11.8 Å². The molecule has 16 heavy (non-hydrogen) atoms. The molecule has 0 atom stereocenters. The number of halogens is 1. The van der Waals surface area contributed by atoms with Crippen LogP contribution < -0.4 is 4.84 Å². The lowest BCUT2D eigenvalue weighted by molar-refractivity contribution is 0.794. The lowest BCUT2D eigenvalue weighted by Crippen LogP contribution is -2.12. The van der Waals surface area contributed by atoms with E-state index in [2.05, 4.69) is 29.1 Å². The highest BCUT2D eigenvalue weighted by Crippen LogP contribution is 2.21. The Labute approximate surface area is 100 Å².